The molecule has 0 rings (SSSR count). The van der Waals surface area contributed by atoms with E-state index in [1.54, 1.807) is 5.32 Å². The molecule has 3 N–H and O–H groups in total. The largest absolute Gasteiger partial charge is 0.399 e. The third kappa shape index (κ3) is 4.15. The van der Waals surface area contributed by atoms with Crippen LogP contribution in [0, 0.1) is 0 Å². The fraction of sp³-hybridized carbons (Fsp3) is 0.545. The first kappa shape index (κ1) is 19.3. The van der Waals surface area contributed by atoms with Crippen molar-refractivity contribution in [2.24, 2.45) is 5.16 Å². The molecule has 0 aliphatic carbocycles. The van der Waals surface area contributed by atoms with Gasteiger partial charge >= 0.3 is 6.03 Å². The number of hydrogen-bond donors (Lipinski definition) is 3. The summed E-state index contributed by atoms with van der Waals surface area (Å²) in [5, 5.41) is 7.46. The van der Waals surface area contributed by atoms with Crippen molar-refractivity contribution >= 4 is 30.0 Å². The van der Waals surface area contributed by atoms with Crippen LogP contribution in [-0.4, -0.2) is 68.7 Å². The number of urea groups is 1. The Kier molecular flexibility index (Phi) is 7.52. The summed E-state index contributed by atoms with van der Waals surface area (Å²) in [6, 6.07) is -0.739. The minimum Gasteiger partial charge on any atom is -0.399 e. The molecule has 11 heteroatoms. The molecule has 1 atom stereocenters. The molecule has 22 heavy (non-hydrogen) atoms. The van der Waals surface area contributed by atoms with Crippen molar-refractivity contribution in [1.29, 1.82) is 0 Å². The van der Waals surface area contributed by atoms with Gasteiger partial charge < -0.3 is 15.1 Å². The highest BCUT2D eigenvalue weighted by molar-refractivity contribution is 6.29. The smallest absolute Gasteiger partial charge is 0.340 e. The third-order valence-electron chi connectivity index (χ3n) is 2.49. The highest BCUT2D eigenvalue weighted by Gasteiger charge is 2.52. The predicted molar refractivity (Wildman–Crippen MR) is 74.4 cm³/mol. The molecule has 1 unspecified atom stereocenters. The number of oxime groups is 1. The lowest BCUT2D eigenvalue weighted by Gasteiger charge is -2.29. The van der Waals surface area contributed by atoms with Crippen molar-refractivity contribution in [3.63, 3.8) is 0 Å². The van der Waals surface area contributed by atoms with Crippen molar-refractivity contribution in [1.82, 2.24) is 21.0 Å². The van der Waals surface area contributed by atoms with Gasteiger partial charge in [0.2, 0.25) is 6.41 Å². The average molecular weight is 317 g/mol. The zero-order valence-corrected chi connectivity index (χ0v) is 12.9. The fourth-order valence-corrected chi connectivity index (χ4v) is 1.34. The highest BCUT2D eigenvalue weighted by atomic mass is 16.7. The Morgan fingerprint density at radius 2 is 1.82 bits per heavy atom. The van der Waals surface area contributed by atoms with Crippen LogP contribution < -0.4 is 16.1 Å². The van der Waals surface area contributed by atoms with Crippen molar-refractivity contribution in [2.45, 2.75) is 12.5 Å². The first-order chi connectivity index (χ1) is 10.3. The number of nitrogens with zero attached hydrogens (tertiary/aromatic N) is 2. The molecule has 0 saturated carbocycles. The van der Waals surface area contributed by atoms with Crippen LogP contribution in [0.3, 0.4) is 0 Å². The first-order valence-electron chi connectivity index (χ1n) is 5.98. The summed E-state index contributed by atoms with van der Waals surface area (Å²) in [7, 11) is 5.26. The van der Waals surface area contributed by atoms with E-state index in [0.717, 1.165) is 4.90 Å². The van der Waals surface area contributed by atoms with Gasteiger partial charge in [-0.15, -0.1) is 0 Å². The monoisotopic (exact) mass is 317 g/mol. The molecular weight excluding hydrogens is 298 g/mol. The molecule has 124 valence electrons. The van der Waals surface area contributed by atoms with E-state index in [4.69, 9.17) is 4.84 Å². The number of carbonyl (C=O) groups is 4. The zero-order valence-electron chi connectivity index (χ0n) is 12.9. The Balaban J connectivity index is 5.80. The Morgan fingerprint density at radius 1 is 1.23 bits per heavy atom. The first-order valence-corrected chi connectivity index (χ1v) is 5.98. The maximum Gasteiger partial charge on any atom is 0.340 e. The van der Waals surface area contributed by atoms with Gasteiger partial charge in [-0.25, -0.2) is 15.1 Å². The number of hydroxylamine groups is 1. The molecule has 0 radical (unpaired) electrons. The molecule has 0 aromatic carbocycles. The van der Waals surface area contributed by atoms with Crippen LogP contribution in [0.4, 0.5) is 4.79 Å². The van der Waals surface area contributed by atoms with E-state index in [9.17, 15) is 19.2 Å². The molecule has 5 amide bonds. The summed E-state index contributed by atoms with van der Waals surface area (Å²) in [6.45, 7) is 1.25. The summed E-state index contributed by atoms with van der Waals surface area (Å²) < 4.78 is 0. The molecule has 0 saturated heterocycles. The van der Waals surface area contributed by atoms with E-state index < -0.39 is 23.4 Å². The van der Waals surface area contributed by atoms with Crippen LogP contribution in [0.5, 0.6) is 0 Å². The van der Waals surface area contributed by atoms with Gasteiger partial charge in [0.1, 0.15) is 12.8 Å². The number of likely N-dealkylation sites (N-methyl/N-ethyl adjacent to an activating group) is 1. The molecule has 0 aliphatic heterocycles. The van der Waals surface area contributed by atoms with Crippen LogP contribution in [-0.2, 0) is 24.1 Å². The molecule has 11 nitrogen and oxygen atoms in total. The van der Waals surface area contributed by atoms with Crippen LogP contribution >= 0.6 is 0 Å². The van der Waals surface area contributed by atoms with Gasteiger partial charge in [0.15, 0.2) is 0 Å². The van der Waals surface area contributed by atoms with Crippen molar-refractivity contribution in [3.05, 3.63) is 0 Å². The Hall–Kier alpha value is -2.69. The molecule has 0 bridgehead atoms. The minimum absolute atomic E-state index is 0.0667. The maximum atomic E-state index is 12.1. The quantitative estimate of drug-likeness (QED) is 0.214. The lowest BCUT2D eigenvalue weighted by atomic mass is 9.96. The van der Waals surface area contributed by atoms with Crippen molar-refractivity contribution < 1.29 is 28.9 Å². The lowest BCUT2D eigenvalue weighted by Crippen LogP contribution is -2.65. The van der Waals surface area contributed by atoms with E-state index in [2.05, 4.69) is 15.3 Å². The number of imide groups is 1. The van der Waals surface area contributed by atoms with Crippen LogP contribution in [0.2, 0.25) is 0 Å². The van der Waals surface area contributed by atoms with Crippen LogP contribution in [0.25, 0.3) is 0 Å². The second-order valence-corrected chi connectivity index (χ2v) is 4.11. The van der Waals surface area contributed by atoms with E-state index in [1.807, 2.05) is 5.48 Å². The highest BCUT2D eigenvalue weighted by Crippen LogP contribution is 2.15. The third-order valence-corrected chi connectivity index (χ3v) is 2.49. The molecular formula is C11H19N5O6. The van der Waals surface area contributed by atoms with Crippen LogP contribution in [0.15, 0.2) is 5.16 Å². The van der Waals surface area contributed by atoms with Gasteiger partial charge in [-0.05, 0) is 6.92 Å². The molecule has 0 spiro atoms. The summed E-state index contributed by atoms with van der Waals surface area (Å²) in [5.41, 5.74) is -0.732. The average Bonchev–Trinajstić information content (AvgIpc) is 2.47. The van der Waals surface area contributed by atoms with E-state index >= 15 is 0 Å². The van der Waals surface area contributed by atoms with Crippen molar-refractivity contribution in [3.8, 4) is 0 Å². The van der Waals surface area contributed by atoms with Gasteiger partial charge in [0, 0.05) is 21.1 Å². The Bertz CT molecular complexity index is 478. The topological polar surface area (TPSA) is 138 Å². The number of rotatable bonds is 7. The van der Waals surface area contributed by atoms with Gasteiger partial charge in [-0.3, -0.25) is 19.7 Å². The van der Waals surface area contributed by atoms with E-state index in [0.29, 0.717) is 0 Å². The Morgan fingerprint density at radius 3 is 2.23 bits per heavy atom. The summed E-state index contributed by atoms with van der Waals surface area (Å²) in [6.07, 6.45) is 0.0667. The number of carbonyl (C=O) groups excluding carboxylic acids is 4. The normalized spacial score (nSPS) is 13.4. The van der Waals surface area contributed by atoms with Gasteiger partial charge in [0.25, 0.3) is 17.4 Å². The number of nitrogens with one attached hydrogen (secondary N) is 3. The Labute approximate surface area is 126 Å². The molecule has 0 fully saturated rings. The maximum absolute atomic E-state index is 12.1. The van der Waals surface area contributed by atoms with Crippen LogP contribution in [0.1, 0.15) is 6.92 Å². The fourth-order valence-electron chi connectivity index (χ4n) is 1.34. The van der Waals surface area contributed by atoms with Gasteiger partial charge in [-0.2, -0.15) is 0 Å². The second-order valence-electron chi connectivity index (χ2n) is 4.11. The van der Waals surface area contributed by atoms with E-state index in [-0.39, 0.29) is 12.1 Å². The summed E-state index contributed by atoms with van der Waals surface area (Å²) >= 11 is 0. The van der Waals surface area contributed by atoms with E-state index in [1.165, 1.54) is 35.2 Å². The van der Waals surface area contributed by atoms with Gasteiger partial charge in [-0.1, -0.05) is 5.16 Å². The molecule has 0 aromatic heterocycles. The van der Waals surface area contributed by atoms with Gasteiger partial charge in [0.05, 0.1) is 0 Å². The number of amides is 5. The molecule has 0 aliphatic rings. The second kappa shape index (κ2) is 8.56. The zero-order chi connectivity index (χ0) is 17.3. The minimum atomic E-state index is -2.42. The lowest BCUT2D eigenvalue weighted by molar-refractivity contribution is -0.157. The summed E-state index contributed by atoms with van der Waals surface area (Å²) in [4.78, 5) is 57.0. The predicted octanol–water partition coefficient (Wildman–Crippen LogP) is -2.03. The molecule has 0 aromatic rings. The van der Waals surface area contributed by atoms with Crippen molar-refractivity contribution in [2.75, 3.05) is 28.3 Å². The SMILES string of the molecule is CNC(=O)C(ONC(=O)N(C)C)(C(=O)NC=O)/C(C)=N/OC. The standard InChI is InChI=1S/C11H19N5O6/c1-7(14-21-5)11(8(18)12-2,9(19)13-6-17)22-15-10(20)16(3)4/h6H,1-5H3,(H,12,18)(H,15,20)(H,13,17,19)/b14-7+. The molecule has 0 heterocycles. The number of hydrogen-bond acceptors (Lipinski definition) is 7. The summed E-state index contributed by atoms with van der Waals surface area (Å²) in [5.74, 6) is -2.12.